The molecule has 0 aliphatic heterocycles. The van der Waals surface area contributed by atoms with Gasteiger partial charge in [-0.2, -0.15) is 0 Å². The molecule has 4 nitrogen and oxygen atoms in total. The zero-order valence-corrected chi connectivity index (χ0v) is 17.3. The van der Waals surface area contributed by atoms with Crippen LogP contribution in [0, 0.1) is 0 Å². The van der Waals surface area contributed by atoms with Crippen molar-refractivity contribution in [1.29, 1.82) is 0 Å². The molecule has 146 valence electrons. The second-order valence-electron chi connectivity index (χ2n) is 7.84. The number of benzene rings is 2. The Kier molecular flexibility index (Phi) is 6.89. The van der Waals surface area contributed by atoms with Crippen molar-refractivity contribution < 1.29 is 14.3 Å². The highest BCUT2D eigenvalue weighted by Crippen LogP contribution is 2.32. The third-order valence-corrected chi connectivity index (χ3v) is 4.61. The summed E-state index contributed by atoms with van der Waals surface area (Å²) in [5, 5.41) is 2.99. The first-order chi connectivity index (χ1) is 12.8. The average Bonchev–Trinajstić information content (AvgIpc) is 2.65. The Morgan fingerprint density at radius 1 is 1.11 bits per heavy atom. The predicted octanol–water partition coefficient (Wildman–Crippen LogP) is 5.10. The Bertz CT molecular complexity index is 777. The van der Waals surface area contributed by atoms with Crippen LogP contribution in [0.5, 0.6) is 11.5 Å². The molecule has 2 aromatic carbocycles. The first-order valence-corrected chi connectivity index (χ1v) is 9.46. The van der Waals surface area contributed by atoms with E-state index in [0.717, 1.165) is 23.3 Å². The molecule has 1 N–H and O–H groups in total. The number of nitrogens with one attached hydrogen (secondary N) is 1. The van der Waals surface area contributed by atoms with Crippen LogP contribution in [0.2, 0.25) is 0 Å². The highest BCUT2D eigenvalue weighted by atomic mass is 16.5. The van der Waals surface area contributed by atoms with Crippen LogP contribution in [0.25, 0.3) is 0 Å². The van der Waals surface area contributed by atoms with Crippen molar-refractivity contribution in [3.05, 3.63) is 59.2 Å². The molecule has 0 bridgehead atoms. The number of carbonyl (C=O) groups is 1. The van der Waals surface area contributed by atoms with Gasteiger partial charge >= 0.3 is 0 Å². The Hall–Kier alpha value is -2.49. The normalized spacial score (nSPS) is 12.4. The van der Waals surface area contributed by atoms with E-state index in [0.29, 0.717) is 17.9 Å². The van der Waals surface area contributed by atoms with Gasteiger partial charge in [0.05, 0.1) is 7.11 Å². The molecule has 2 aromatic rings. The van der Waals surface area contributed by atoms with Crippen LogP contribution in [0.4, 0.5) is 0 Å². The highest BCUT2D eigenvalue weighted by Gasteiger charge is 2.19. The van der Waals surface area contributed by atoms with E-state index >= 15 is 0 Å². The van der Waals surface area contributed by atoms with Crippen molar-refractivity contribution in [2.75, 3.05) is 7.11 Å². The van der Waals surface area contributed by atoms with Crippen LogP contribution >= 0.6 is 0 Å². The van der Waals surface area contributed by atoms with Gasteiger partial charge in [-0.1, -0.05) is 45.9 Å². The molecular formula is C23H31NO3. The molecule has 2 rings (SSSR count). The minimum atomic E-state index is -0.0802. The molecule has 0 aliphatic carbocycles. The van der Waals surface area contributed by atoms with E-state index in [9.17, 15) is 4.79 Å². The molecule has 1 atom stereocenters. The quantitative estimate of drug-likeness (QED) is 0.738. The van der Waals surface area contributed by atoms with E-state index in [1.54, 1.807) is 13.2 Å². The van der Waals surface area contributed by atoms with Crippen LogP contribution < -0.4 is 14.8 Å². The van der Waals surface area contributed by atoms with Crippen LogP contribution in [-0.4, -0.2) is 19.1 Å². The Morgan fingerprint density at radius 2 is 1.81 bits per heavy atom. The van der Waals surface area contributed by atoms with Gasteiger partial charge in [0.2, 0.25) is 0 Å². The maximum Gasteiger partial charge on any atom is 0.251 e. The molecule has 1 unspecified atom stereocenters. The molecule has 1 amide bonds. The van der Waals surface area contributed by atoms with Crippen molar-refractivity contribution in [1.82, 2.24) is 5.32 Å². The molecule has 0 heterocycles. The van der Waals surface area contributed by atoms with Crippen molar-refractivity contribution >= 4 is 5.91 Å². The van der Waals surface area contributed by atoms with E-state index in [1.165, 1.54) is 0 Å². The maximum atomic E-state index is 12.4. The number of carbonyl (C=O) groups excluding carboxylic acids is 1. The molecule has 0 spiro atoms. The monoisotopic (exact) mass is 369 g/mol. The van der Waals surface area contributed by atoms with Crippen LogP contribution in [0.15, 0.2) is 42.5 Å². The third-order valence-electron chi connectivity index (χ3n) is 4.61. The number of amides is 1. The topological polar surface area (TPSA) is 47.6 Å². The van der Waals surface area contributed by atoms with Gasteiger partial charge in [-0.25, -0.2) is 0 Å². The summed E-state index contributed by atoms with van der Waals surface area (Å²) in [6.45, 7) is 10.9. The van der Waals surface area contributed by atoms with E-state index in [1.807, 2.05) is 44.2 Å². The summed E-state index contributed by atoms with van der Waals surface area (Å²) in [5.41, 5.74) is 2.59. The standard InChI is InChI=1S/C23H31NO3/c1-7-16(2)24-22(25)17-12-13-20(26-6)18(14-17)15-27-21-11-9-8-10-19(21)23(3,4)5/h8-14,16H,7,15H2,1-6H3,(H,24,25). The molecule has 0 saturated heterocycles. The zero-order chi connectivity index (χ0) is 20.0. The summed E-state index contributed by atoms with van der Waals surface area (Å²) in [7, 11) is 1.63. The first kappa shape index (κ1) is 20.8. The van der Waals surface area contributed by atoms with Crippen molar-refractivity contribution in [2.45, 2.75) is 59.1 Å². The van der Waals surface area contributed by atoms with Crippen molar-refractivity contribution in [3.63, 3.8) is 0 Å². The smallest absolute Gasteiger partial charge is 0.251 e. The number of hydrogen-bond donors (Lipinski definition) is 1. The lowest BCUT2D eigenvalue weighted by Crippen LogP contribution is -2.31. The van der Waals surface area contributed by atoms with Gasteiger partial charge in [-0.15, -0.1) is 0 Å². The van der Waals surface area contributed by atoms with Gasteiger partial charge in [0.15, 0.2) is 0 Å². The summed E-state index contributed by atoms with van der Waals surface area (Å²) in [6, 6.07) is 13.6. The summed E-state index contributed by atoms with van der Waals surface area (Å²) in [5.74, 6) is 1.48. The highest BCUT2D eigenvalue weighted by molar-refractivity contribution is 5.94. The van der Waals surface area contributed by atoms with Crippen molar-refractivity contribution in [3.8, 4) is 11.5 Å². The lowest BCUT2D eigenvalue weighted by Gasteiger charge is -2.23. The molecule has 4 heteroatoms. The summed E-state index contributed by atoms with van der Waals surface area (Å²) < 4.78 is 11.6. The number of para-hydroxylation sites is 1. The fourth-order valence-electron chi connectivity index (χ4n) is 2.81. The number of methoxy groups -OCH3 is 1. The summed E-state index contributed by atoms with van der Waals surface area (Å²) in [6.07, 6.45) is 0.890. The maximum absolute atomic E-state index is 12.4. The van der Waals surface area contributed by atoms with E-state index in [4.69, 9.17) is 9.47 Å². The fraction of sp³-hybridized carbons (Fsp3) is 0.435. The number of hydrogen-bond acceptors (Lipinski definition) is 3. The second-order valence-corrected chi connectivity index (χ2v) is 7.84. The van der Waals surface area contributed by atoms with E-state index < -0.39 is 0 Å². The summed E-state index contributed by atoms with van der Waals surface area (Å²) >= 11 is 0. The largest absolute Gasteiger partial charge is 0.496 e. The van der Waals surface area contributed by atoms with Crippen LogP contribution in [-0.2, 0) is 12.0 Å². The Morgan fingerprint density at radius 3 is 2.44 bits per heavy atom. The Balaban J connectivity index is 2.23. The van der Waals surface area contributed by atoms with Crippen LogP contribution in [0.3, 0.4) is 0 Å². The minimum absolute atomic E-state index is 0.0152. The second kappa shape index (κ2) is 8.94. The lowest BCUT2D eigenvalue weighted by atomic mass is 9.86. The molecule has 27 heavy (non-hydrogen) atoms. The number of rotatable bonds is 7. The molecular weight excluding hydrogens is 338 g/mol. The number of ether oxygens (including phenoxy) is 2. The fourth-order valence-corrected chi connectivity index (χ4v) is 2.81. The average molecular weight is 370 g/mol. The van der Waals surface area contributed by atoms with Gasteiger partial charge in [0.25, 0.3) is 5.91 Å². The van der Waals surface area contributed by atoms with E-state index in [-0.39, 0.29) is 17.4 Å². The van der Waals surface area contributed by atoms with Gasteiger partial charge < -0.3 is 14.8 Å². The molecule has 0 saturated carbocycles. The molecule has 0 aliphatic rings. The SMILES string of the molecule is CCC(C)NC(=O)c1ccc(OC)c(COc2ccccc2C(C)(C)C)c1. The summed E-state index contributed by atoms with van der Waals surface area (Å²) in [4.78, 5) is 12.4. The molecule has 0 radical (unpaired) electrons. The lowest BCUT2D eigenvalue weighted by molar-refractivity contribution is 0.0939. The molecule has 0 fully saturated rings. The van der Waals surface area contributed by atoms with Gasteiger partial charge in [0.1, 0.15) is 18.1 Å². The van der Waals surface area contributed by atoms with Gasteiger partial charge in [-0.3, -0.25) is 4.79 Å². The van der Waals surface area contributed by atoms with Crippen LogP contribution in [0.1, 0.15) is 62.5 Å². The van der Waals surface area contributed by atoms with E-state index in [2.05, 4.69) is 32.2 Å². The van der Waals surface area contributed by atoms with Gasteiger partial charge in [0, 0.05) is 17.2 Å². The Labute approximate surface area is 162 Å². The minimum Gasteiger partial charge on any atom is -0.496 e. The predicted molar refractivity (Wildman–Crippen MR) is 110 cm³/mol. The zero-order valence-electron chi connectivity index (χ0n) is 17.3. The third kappa shape index (κ3) is 5.49. The van der Waals surface area contributed by atoms with Crippen molar-refractivity contribution in [2.24, 2.45) is 0 Å². The first-order valence-electron chi connectivity index (χ1n) is 9.46. The molecule has 0 aromatic heterocycles. The van der Waals surface area contributed by atoms with Gasteiger partial charge in [-0.05, 0) is 48.6 Å².